The van der Waals surface area contributed by atoms with Gasteiger partial charge in [-0.25, -0.2) is 0 Å². The minimum atomic E-state index is -1.91. The van der Waals surface area contributed by atoms with Crippen molar-refractivity contribution in [3.8, 4) is 0 Å². The predicted octanol–water partition coefficient (Wildman–Crippen LogP) is 16.4. The van der Waals surface area contributed by atoms with E-state index in [1.807, 2.05) is 0 Å². The van der Waals surface area contributed by atoms with Crippen LogP contribution in [0.2, 0.25) is 39.3 Å². The molecular weight excluding hydrogens is 683 g/mol. The molecule has 0 saturated heterocycles. The van der Waals surface area contributed by atoms with E-state index in [-0.39, 0.29) is 12.0 Å². The Morgan fingerprint density at radius 2 is 0.755 bits per heavy atom. The number of amides is 1. The molecule has 0 spiro atoms. The van der Waals surface area contributed by atoms with Crippen LogP contribution in [0.5, 0.6) is 0 Å². The number of carbonyl (C=O) groups is 1. The van der Waals surface area contributed by atoms with Crippen LogP contribution < -0.4 is 5.32 Å². The highest BCUT2D eigenvalue weighted by Gasteiger charge is 2.31. The Morgan fingerprint density at radius 3 is 1.08 bits per heavy atom. The summed E-state index contributed by atoms with van der Waals surface area (Å²) in [7, 11) is -3.76. The minimum absolute atomic E-state index is 0.106. The van der Waals surface area contributed by atoms with E-state index in [2.05, 4.69) is 70.6 Å². The van der Waals surface area contributed by atoms with Gasteiger partial charge in [0.25, 0.3) is 0 Å². The smallest absolute Gasteiger partial charge is 0.222 e. The lowest BCUT2D eigenvalue weighted by Crippen LogP contribution is -2.52. The SMILES string of the molecule is CCCCCCCCCCCCC/C=C/C(O[Si](C)(C)C)C(NC(=O)CCCCCCCCCCCCCCCCCCCCCCC)O[Si](C)(C)C. The first kappa shape index (κ1) is 52.6. The molecule has 0 aliphatic rings. The van der Waals surface area contributed by atoms with Gasteiger partial charge in [0.05, 0.1) is 0 Å². The van der Waals surface area contributed by atoms with Crippen LogP contribution in [0.25, 0.3) is 0 Å². The molecule has 316 valence electrons. The second-order valence-corrected chi connectivity index (χ2v) is 27.4. The van der Waals surface area contributed by atoms with Gasteiger partial charge in [-0.3, -0.25) is 4.79 Å². The van der Waals surface area contributed by atoms with Crippen molar-refractivity contribution in [2.45, 2.75) is 284 Å². The predicted molar refractivity (Wildman–Crippen MR) is 242 cm³/mol. The number of nitrogens with one attached hydrogen (secondary N) is 1. The first-order chi connectivity index (χ1) is 25.5. The number of hydrogen-bond donors (Lipinski definition) is 1. The summed E-state index contributed by atoms with van der Waals surface area (Å²) in [6.07, 6.45) is 49.4. The van der Waals surface area contributed by atoms with E-state index < -0.39 is 22.9 Å². The lowest BCUT2D eigenvalue weighted by Gasteiger charge is -2.35. The van der Waals surface area contributed by atoms with Gasteiger partial charge in [-0.05, 0) is 58.5 Å². The molecule has 1 amide bonds. The molecule has 0 aliphatic heterocycles. The van der Waals surface area contributed by atoms with E-state index in [4.69, 9.17) is 8.85 Å². The lowest BCUT2D eigenvalue weighted by atomic mass is 10.0. The average molecular weight is 780 g/mol. The lowest BCUT2D eigenvalue weighted by molar-refractivity contribution is -0.125. The van der Waals surface area contributed by atoms with Crippen LogP contribution in [0.15, 0.2) is 12.2 Å². The molecule has 4 nitrogen and oxygen atoms in total. The van der Waals surface area contributed by atoms with Crippen molar-refractivity contribution < 1.29 is 13.6 Å². The highest BCUT2D eigenvalue weighted by molar-refractivity contribution is 6.70. The molecule has 2 atom stereocenters. The number of rotatable bonds is 41. The largest absolute Gasteiger partial charge is 0.407 e. The van der Waals surface area contributed by atoms with Gasteiger partial charge in [-0.1, -0.05) is 219 Å². The van der Waals surface area contributed by atoms with Gasteiger partial charge in [-0.15, -0.1) is 0 Å². The maximum atomic E-state index is 13.2. The summed E-state index contributed by atoms with van der Waals surface area (Å²) < 4.78 is 13.2. The summed E-state index contributed by atoms with van der Waals surface area (Å²) in [6.45, 7) is 17.9. The molecular formula is C47H97NO3Si2. The second kappa shape index (κ2) is 37.2. The summed E-state index contributed by atoms with van der Waals surface area (Å²) >= 11 is 0. The average Bonchev–Trinajstić information content (AvgIpc) is 3.09. The van der Waals surface area contributed by atoms with E-state index in [1.165, 1.54) is 193 Å². The zero-order valence-corrected chi connectivity index (χ0v) is 39.6. The van der Waals surface area contributed by atoms with Crippen molar-refractivity contribution in [1.82, 2.24) is 5.32 Å². The van der Waals surface area contributed by atoms with Gasteiger partial charge in [0.1, 0.15) is 12.3 Å². The first-order valence-corrected chi connectivity index (χ1v) is 30.6. The molecule has 0 saturated carbocycles. The Hall–Kier alpha value is -0.436. The quantitative estimate of drug-likeness (QED) is 0.0291. The fraction of sp³-hybridized carbons (Fsp3) is 0.936. The highest BCUT2D eigenvalue weighted by Crippen LogP contribution is 2.20. The van der Waals surface area contributed by atoms with Crippen LogP contribution in [0, 0.1) is 0 Å². The molecule has 6 heteroatoms. The van der Waals surface area contributed by atoms with Crippen LogP contribution in [0.4, 0.5) is 0 Å². The number of allylic oxidation sites excluding steroid dienone is 1. The monoisotopic (exact) mass is 780 g/mol. The Balaban J connectivity index is 4.20. The first-order valence-electron chi connectivity index (χ1n) is 23.8. The van der Waals surface area contributed by atoms with Crippen molar-refractivity contribution in [3.05, 3.63) is 12.2 Å². The Labute approximate surface area is 336 Å². The number of carbonyl (C=O) groups excluding carboxylic acids is 1. The highest BCUT2D eigenvalue weighted by atomic mass is 28.4. The standard InChI is InChI=1S/C47H97NO3Si2/c1-9-11-13-15-17-19-21-23-24-25-26-27-28-29-30-32-34-36-38-40-42-44-46(49)48-47(51-53(6,7)8)45(50-52(3,4)5)43-41-39-37-35-33-31-22-20-18-16-14-12-10-2/h41,43,45,47H,9-40,42,44H2,1-8H3,(H,48,49)/b43-41+. The van der Waals surface area contributed by atoms with Crippen molar-refractivity contribution in [2.24, 2.45) is 0 Å². The Kier molecular flexibility index (Phi) is 36.9. The topological polar surface area (TPSA) is 47.6 Å². The van der Waals surface area contributed by atoms with Crippen LogP contribution in [-0.4, -0.2) is 34.9 Å². The van der Waals surface area contributed by atoms with E-state index in [9.17, 15) is 4.79 Å². The van der Waals surface area contributed by atoms with Crippen molar-refractivity contribution in [3.63, 3.8) is 0 Å². The van der Waals surface area contributed by atoms with Crippen LogP contribution in [-0.2, 0) is 13.6 Å². The van der Waals surface area contributed by atoms with Gasteiger partial charge in [0.2, 0.25) is 5.91 Å². The maximum absolute atomic E-state index is 13.2. The summed E-state index contributed by atoms with van der Waals surface area (Å²) in [5, 5.41) is 3.27. The molecule has 0 aromatic carbocycles. The van der Waals surface area contributed by atoms with Crippen molar-refractivity contribution in [2.75, 3.05) is 0 Å². The molecule has 0 fully saturated rings. The summed E-state index contributed by atoms with van der Waals surface area (Å²) in [5.41, 5.74) is 0. The zero-order valence-electron chi connectivity index (χ0n) is 37.6. The molecule has 0 aliphatic carbocycles. The minimum Gasteiger partial charge on any atom is -0.407 e. The zero-order chi connectivity index (χ0) is 39.3. The van der Waals surface area contributed by atoms with E-state index in [1.54, 1.807) is 0 Å². The summed E-state index contributed by atoms with van der Waals surface area (Å²) in [5.74, 6) is 0.106. The normalized spacial score (nSPS) is 13.6. The molecule has 0 heterocycles. The van der Waals surface area contributed by atoms with Gasteiger partial charge < -0.3 is 14.2 Å². The van der Waals surface area contributed by atoms with Crippen molar-refractivity contribution >= 4 is 22.5 Å². The molecule has 1 N–H and O–H groups in total. The second-order valence-electron chi connectivity index (χ2n) is 18.5. The van der Waals surface area contributed by atoms with Crippen LogP contribution in [0.1, 0.15) is 232 Å². The molecule has 53 heavy (non-hydrogen) atoms. The molecule has 0 radical (unpaired) electrons. The maximum Gasteiger partial charge on any atom is 0.222 e. The third kappa shape index (κ3) is 41.0. The third-order valence-corrected chi connectivity index (χ3v) is 12.3. The van der Waals surface area contributed by atoms with E-state index in [0.717, 1.165) is 19.3 Å². The van der Waals surface area contributed by atoms with Crippen LogP contribution in [0.3, 0.4) is 0 Å². The fourth-order valence-corrected chi connectivity index (χ4v) is 9.25. The van der Waals surface area contributed by atoms with Gasteiger partial charge in [0, 0.05) is 6.42 Å². The molecule has 0 bridgehead atoms. The van der Waals surface area contributed by atoms with Crippen LogP contribution >= 0.6 is 0 Å². The molecule has 2 unspecified atom stereocenters. The van der Waals surface area contributed by atoms with Gasteiger partial charge >= 0.3 is 0 Å². The summed E-state index contributed by atoms with van der Waals surface area (Å²) in [4.78, 5) is 13.2. The van der Waals surface area contributed by atoms with Gasteiger partial charge in [0.15, 0.2) is 16.6 Å². The number of unbranched alkanes of at least 4 members (excludes halogenated alkanes) is 31. The fourth-order valence-electron chi connectivity index (χ4n) is 7.27. The van der Waals surface area contributed by atoms with E-state index in [0.29, 0.717) is 6.42 Å². The third-order valence-electron chi connectivity index (χ3n) is 10.4. The molecule has 0 aromatic rings. The molecule has 0 rings (SSSR count). The van der Waals surface area contributed by atoms with E-state index >= 15 is 0 Å². The Bertz CT molecular complexity index is 807. The number of hydrogen-bond acceptors (Lipinski definition) is 3. The summed E-state index contributed by atoms with van der Waals surface area (Å²) in [6, 6.07) is 0. The molecule has 0 aromatic heterocycles. The van der Waals surface area contributed by atoms with Gasteiger partial charge in [-0.2, -0.15) is 0 Å². The Morgan fingerprint density at radius 1 is 0.453 bits per heavy atom. The van der Waals surface area contributed by atoms with Crippen molar-refractivity contribution in [1.29, 1.82) is 0 Å².